The average molecular weight is 354 g/mol. The highest BCUT2D eigenvalue weighted by Crippen LogP contribution is 2.36. The minimum atomic E-state index is -4.64. The van der Waals surface area contributed by atoms with E-state index in [-0.39, 0.29) is 5.56 Å². The number of alkyl halides is 8. The maximum atomic E-state index is 14.1. The zero-order valence-electron chi connectivity index (χ0n) is 11.8. The standard InChI is InChI=1S/C16H10F8/c17-14(18,11-5-7-13(8-6-11)16(22,23)24)9-10-1-3-12(4-2-10)15(19,20)21/h1-8H,9H2. The van der Waals surface area contributed by atoms with Gasteiger partial charge in [-0.3, -0.25) is 0 Å². The summed E-state index contributed by atoms with van der Waals surface area (Å²) in [6.45, 7) is 0. The molecule has 130 valence electrons. The summed E-state index contributed by atoms with van der Waals surface area (Å²) < 4.78 is 103. The van der Waals surface area contributed by atoms with E-state index in [0.717, 1.165) is 12.1 Å². The maximum absolute atomic E-state index is 14.1. The molecule has 0 aromatic heterocycles. The molecule has 0 saturated heterocycles. The van der Waals surface area contributed by atoms with Crippen molar-refractivity contribution >= 4 is 0 Å². The van der Waals surface area contributed by atoms with E-state index < -0.39 is 41.4 Å². The normalized spacial score (nSPS) is 13.2. The third-order valence-electron chi connectivity index (χ3n) is 3.34. The Labute approximate surface area is 131 Å². The molecule has 0 unspecified atom stereocenters. The Morgan fingerprint density at radius 2 is 0.833 bits per heavy atom. The smallest absolute Gasteiger partial charge is 0.201 e. The molecule has 8 heteroatoms. The fourth-order valence-electron chi connectivity index (χ4n) is 2.07. The molecule has 0 fully saturated rings. The largest absolute Gasteiger partial charge is 0.416 e. The first kappa shape index (κ1) is 18.2. The zero-order chi connectivity index (χ0) is 18.2. The van der Waals surface area contributed by atoms with Gasteiger partial charge in [0.2, 0.25) is 0 Å². The number of benzene rings is 2. The zero-order valence-corrected chi connectivity index (χ0v) is 11.8. The van der Waals surface area contributed by atoms with Crippen molar-refractivity contribution in [1.82, 2.24) is 0 Å². The van der Waals surface area contributed by atoms with Crippen molar-refractivity contribution in [2.45, 2.75) is 24.7 Å². The number of hydrogen-bond donors (Lipinski definition) is 0. The Morgan fingerprint density at radius 3 is 1.21 bits per heavy atom. The van der Waals surface area contributed by atoms with Gasteiger partial charge in [-0.1, -0.05) is 24.3 Å². The lowest BCUT2D eigenvalue weighted by molar-refractivity contribution is -0.138. The Morgan fingerprint density at radius 1 is 0.500 bits per heavy atom. The topological polar surface area (TPSA) is 0 Å². The second kappa shape index (κ2) is 6.07. The van der Waals surface area contributed by atoms with E-state index in [4.69, 9.17) is 0 Å². The molecule has 2 aromatic rings. The second-order valence-corrected chi connectivity index (χ2v) is 5.15. The summed E-state index contributed by atoms with van der Waals surface area (Å²) in [5.74, 6) is -3.51. The number of halogens is 8. The van der Waals surface area contributed by atoms with Crippen LogP contribution in [0.4, 0.5) is 35.1 Å². The molecular weight excluding hydrogens is 344 g/mol. The van der Waals surface area contributed by atoms with Gasteiger partial charge in [-0.15, -0.1) is 0 Å². The number of rotatable bonds is 3. The molecule has 0 atom stereocenters. The van der Waals surface area contributed by atoms with Crippen LogP contribution in [-0.2, 0) is 24.7 Å². The van der Waals surface area contributed by atoms with Crippen LogP contribution in [0.3, 0.4) is 0 Å². The first-order chi connectivity index (χ1) is 10.9. The SMILES string of the molecule is FC(F)(F)c1ccc(CC(F)(F)c2ccc(C(F)(F)F)cc2)cc1. The first-order valence-corrected chi connectivity index (χ1v) is 6.61. The van der Waals surface area contributed by atoms with Crippen molar-refractivity contribution in [3.8, 4) is 0 Å². The molecule has 0 radical (unpaired) electrons. The van der Waals surface area contributed by atoms with Crippen molar-refractivity contribution in [2.75, 3.05) is 0 Å². The van der Waals surface area contributed by atoms with Crippen LogP contribution < -0.4 is 0 Å². The van der Waals surface area contributed by atoms with Crippen molar-refractivity contribution in [3.05, 3.63) is 70.8 Å². The van der Waals surface area contributed by atoms with Gasteiger partial charge < -0.3 is 0 Å². The molecule has 0 bridgehead atoms. The predicted molar refractivity (Wildman–Crippen MR) is 70.5 cm³/mol. The average Bonchev–Trinajstić information content (AvgIpc) is 2.46. The summed E-state index contributed by atoms with van der Waals surface area (Å²) in [6.07, 6.45) is -10.1. The summed E-state index contributed by atoms with van der Waals surface area (Å²) >= 11 is 0. The maximum Gasteiger partial charge on any atom is 0.416 e. The van der Waals surface area contributed by atoms with E-state index in [0.29, 0.717) is 36.4 Å². The lowest BCUT2D eigenvalue weighted by Gasteiger charge is -2.18. The summed E-state index contributed by atoms with van der Waals surface area (Å²) in [6, 6.07) is 5.59. The van der Waals surface area contributed by atoms with E-state index in [1.54, 1.807) is 0 Å². The highest BCUT2D eigenvalue weighted by atomic mass is 19.4. The molecule has 0 nitrogen and oxygen atoms in total. The van der Waals surface area contributed by atoms with Crippen LogP contribution in [0.5, 0.6) is 0 Å². The van der Waals surface area contributed by atoms with Crippen molar-refractivity contribution < 1.29 is 35.1 Å². The fraction of sp³-hybridized carbons (Fsp3) is 0.250. The van der Waals surface area contributed by atoms with Gasteiger partial charge in [-0.25, -0.2) is 8.78 Å². The Balaban J connectivity index is 2.18. The molecule has 0 spiro atoms. The molecule has 0 heterocycles. The summed E-state index contributed by atoms with van der Waals surface area (Å²) in [4.78, 5) is 0. The van der Waals surface area contributed by atoms with Crippen LogP contribution in [0.2, 0.25) is 0 Å². The number of hydrogen-bond acceptors (Lipinski definition) is 0. The second-order valence-electron chi connectivity index (χ2n) is 5.15. The molecule has 24 heavy (non-hydrogen) atoms. The highest BCUT2D eigenvalue weighted by molar-refractivity contribution is 5.31. The van der Waals surface area contributed by atoms with E-state index in [9.17, 15) is 35.1 Å². The van der Waals surface area contributed by atoms with Gasteiger partial charge in [-0.2, -0.15) is 26.3 Å². The third-order valence-corrected chi connectivity index (χ3v) is 3.34. The van der Waals surface area contributed by atoms with Gasteiger partial charge in [-0.05, 0) is 29.8 Å². The van der Waals surface area contributed by atoms with Crippen molar-refractivity contribution in [3.63, 3.8) is 0 Å². The van der Waals surface area contributed by atoms with E-state index in [1.165, 1.54) is 0 Å². The monoisotopic (exact) mass is 354 g/mol. The van der Waals surface area contributed by atoms with Crippen LogP contribution in [0.15, 0.2) is 48.5 Å². The fourth-order valence-corrected chi connectivity index (χ4v) is 2.07. The summed E-state index contributed by atoms with van der Waals surface area (Å²) in [5, 5.41) is 0. The molecular formula is C16H10F8. The first-order valence-electron chi connectivity index (χ1n) is 6.61. The van der Waals surface area contributed by atoms with Gasteiger partial charge in [0.25, 0.3) is 5.92 Å². The van der Waals surface area contributed by atoms with Crippen LogP contribution >= 0.6 is 0 Å². The van der Waals surface area contributed by atoms with Crippen LogP contribution in [0.1, 0.15) is 22.3 Å². The van der Waals surface area contributed by atoms with Crippen LogP contribution in [-0.4, -0.2) is 0 Å². The summed E-state index contributed by atoms with van der Waals surface area (Å²) in [5.41, 5.74) is -2.73. The molecule has 0 aliphatic rings. The Kier molecular flexibility index (Phi) is 4.61. The molecule has 2 rings (SSSR count). The van der Waals surface area contributed by atoms with E-state index in [2.05, 4.69) is 0 Å². The van der Waals surface area contributed by atoms with Gasteiger partial charge in [0.15, 0.2) is 0 Å². The van der Waals surface area contributed by atoms with Gasteiger partial charge >= 0.3 is 12.4 Å². The Hall–Kier alpha value is -2.12. The molecule has 0 N–H and O–H groups in total. The molecule has 0 aliphatic carbocycles. The quantitative estimate of drug-likeness (QED) is 0.588. The minimum Gasteiger partial charge on any atom is -0.201 e. The summed E-state index contributed by atoms with van der Waals surface area (Å²) in [7, 11) is 0. The third kappa shape index (κ3) is 4.24. The van der Waals surface area contributed by atoms with Crippen LogP contribution in [0.25, 0.3) is 0 Å². The van der Waals surface area contributed by atoms with E-state index >= 15 is 0 Å². The molecule has 0 amide bonds. The minimum absolute atomic E-state index is 0.0621. The molecule has 0 saturated carbocycles. The van der Waals surface area contributed by atoms with Crippen LogP contribution in [0, 0.1) is 0 Å². The lowest BCUT2D eigenvalue weighted by atomic mass is 9.98. The van der Waals surface area contributed by atoms with Gasteiger partial charge in [0.05, 0.1) is 11.1 Å². The van der Waals surface area contributed by atoms with Gasteiger partial charge in [0.1, 0.15) is 0 Å². The molecule has 2 aromatic carbocycles. The Bertz CT molecular complexity index is 678. The lowest BCUT2D eigenvalue weighted by Crippen LogP contribution is -2.17. The highest BCUT2D eigenvalue weighted by Gasteiger charge is 2.35. The predicted octanol–water partition coefficient (Wildman–Crippen LogP) is 6.06. The van der Waals surface area contributed by atoms with E-state index in [1.807, 2.05) is 0 Å². The van der Waals surface area contributed by atoms with Crippen molar-refractivity contribution in [2.24, 2.45) is 0 Å². The molecule has 0 aliphatic heterocycles. The van der Waals surface area contributed by atoms with Gasteiger partial charge in [0, 0.05) is 12.0 Å². The van der Waals surface area contributed by atoms with Crippen molar-refractivity contribution in [1.29, 1.82) is 0 Å².